The van der Waals surface area contributed by atoms with Gasteiger partial charge in [-0.25, -0.2) is 0 Å². The molecule has 0 aliphatic rings. The predicted molar refractivity (Wildman–Crippen MR) is 119 cm³/mol. The molecule has 142 valence electrons. The molecular formula is C27H30N+. The molecular weight excluding hydrogens is 338 g/mol. The Labute approximate surface area is 170 Å². The van der Waals surface area contributed by atoms with Crippen LogP contribution < -0.4 is 0 Å². The van der Waals surface area contributed by atoms with Gasteiger partial charge in [-0.15, -0.1) is 0 Å². The number of hydrogen-bond donors (Lipinski definition) is 0. The molecule has 0 unspecified atom stereocenters. The van der Waals surface area contributed by atoms with Crippen LogP contribution in [0.25, 0.3) is 0 Å². The van der Waals surface area contributed by atoms with Crippen molar-refractivity contribution in [2.75, 3.05) is 14.1 Å². The Kier molecular flexibility index (Phi) is 6.02. The lowest BCUT2D eigenvalue weighted by Crippen LogP contribution is -2.54. The van der Waals surface area contributed by atoms with Crippen LogP contribution in [0.1, 0.15) is 36.5 Å². The van der Waals surface area contributed by atoms with Crippen molar-refractivity contribution in [3.05, 3.63) is 108 Å². The Morgan fingerprint density at radius 3 is 1.61 bits per heavy atom. The van der Waals surface area contributed by atoms with E-state index in [1.807, 2.05) is 0 Å². The molecule has 0 saturated carbocycles. The van der Waals surface area contributed by atoms with Crippen molar-refractivity contribution in [1.29, 1.82) is 0 Å². The van der Waals surface area contributed by atoms with E-state index in [2.05, 4.69) is 131 Å². The number of nitrogens with zero attached hydrogens (tertiary/aromatic N) is 1. The van der Waals surface area contributed by atoms with Gasteiger partial charge in [0.25, 0.3) is 0 Å². The Morgan fingerprint density at radius 1 is 0.714 bits per heavy atom. The van der Waals surface area contributed by atoms with Crippen LogP contribution >= 0.6 is 0 Å². The number of quaternary nitrogens is 1. The molecule has 0 aromatic heterocycles. The molecule has 0 fully saturated rings. The Hall–Kier alpha value is -2.82. The van der Waals surface area contributed by atoms with E-state index in [1.165, 1.54) is 16.7 Å². The van der Waals surface area contributed by atoms with Gasteiger partial charge < -0.3 is 4.48 Å². The molecule has 0 N–H and O–H groups in total. The third-order valence-electron chi connectivity index (χ3n) is 5.72. The zero-order valence-corrected chi connectivity index (χ0v) is 17.4. The van der Waals surface area contributed by atoms with E-state index in [0.717, 1.165) is 11.0 Å². The third-order valence-corrected chi connectivity index (χ3v) is 5.72. The Morgan fingerprint density at radius 2 is 1.14 bits per heavy atom. The second-order valence-electron chi connectivity index (χ2n) is 8.41. The quantitative estimate of drug-likeness (QED) is 0.390. The molecule has 3 aromatic carbocycles. The van der Waals surface area contributed by atoms with Gasteiger partial charge in [-0.05, 0) is 17.0 Å². The fraction of sp³-hybridized carbons (Fsp3) is 0.259. The zero-order valence-electron chi connectivity index (χ0n) is 17.4. The Bertz CT molecular complexity index is 890. The molecule has 0 aliphatic carbocycles. The minimum atomic E-state index is -0.183. The van der Waals surface area contributed by atoms with Crippen LogP contribution in [0.5, 0.6) is 0 Å². The summed E-state index contributed by atoms with van der Waals surface area (Å²) in [5.74, 6) is 7.34. The third kappa shape index (κ3) is 4.71. The minimum Gasteiger partial charge on any atom is -0.310 e. The second-order valence-corrected chi connectivity index (χ2v) is 8.41. The Balaban J connectivity index is 1.92. The molecule has 28 heavy (non-hydrogen) atoms. The summed E-state index contributed by atoms with van der Waals surface area (Å²) in [6, 6.07) is 31.8. The van der Waals surface area contributed by atoms with E-state index >= 15 is 0 Å². The highest BCUT2D eigenvalue weighted by Gasteiger charge is 2.35. The number of rotatable bonds is 5. The van der Waals surface area contributed by atoms with Crippen LogP contribution in [-0.4, -0.2) is 24.1 Å². The van der Waals surface area contributed by atoms with E-state index in [9.17, 15) is 0 Å². The maximum Gasteiger partial charge on any atom is 0.155 e. The monoisotopic (exact) mass is 368 g/mol. The molecule has 1 nitrogen and oxygen atoms in total. The molecule has 0 amide bonds. The van der Waals surface area contributed by atoms with Crippen LogP contribution in [0, 0.1) is 11.8 Å². The van der Waals surface area contributed by atoms with Crippen LogP contribution in [-0.2, 0) is 6.54 Å². The molecule has 0 heterocycles. The average molecular weight is 369 g/mol. The van der Waals surface area contributed by atoms with Gasteiger partial charge in [0.1, 0.15) is 6.54 Å². The van der Waals surface area contributed by atoms with Crippen molar-refractivity contribution < 1.29 is 4.48 Å². The van der Waals surface area contributed by atoms with Gasteiger partial charge in [-0.3, -0.25) is 0 Å². The van der Waals surface area contributed by atoms with Crippen molar-refractivity contribution in [3.63, 3.8) is 0 Å². The molecule has 0 bridgehead atoms. The number of hydrogen-bond acceptors (Lipinski definition) is 0. The summed E-state index contributed by atoms with van der Waals surface area (Å²) in [5.41, 5.74) is 3.64. The molecule has 0 atom stereocenters. The second kappa shape index (κ2) is 8.46. The SMILES string of the molecule is CC(C)(C#CC(c1ccccc1)c1ccccc1)[N+](C)(C)Cc1ccccc1. The summed E-state index contributed by atoms with van der Waals surface area (Å²) < 4.78 is 0.806. The van der Waals surface area contributed by atoms with E-state index in [1.54, 1.807) is 0 Å². The lowest BCUT2D eigenvalue weighted by atomic mass is 9.90. The van der Waals surface area contributed by atoms with Gasteiger partial charge >= 0.3 is 0 Å². The van der Waals surface area contributed by atoms with Gasteiger partial charge in [0.05, 0.1) is 20.0 Å². The topological polar surface area (TPSA) is 0 Å². The van der Waals surface area contributed by atoms with E-state index in [-0.39, 0.29) is 11.5 Å². The van der Waals surface area contributed by atoms with Gasteiger partial charge in [0, 0.05) is 19.4 Å². The highest BCUT2D eigenvalue weighted by Crippen LogP contribution is 2.27. The van der Waals surface area contributed by atoms with Gasteiger partial charge in [-0.2, -0.15) is 0 Å². The number of benzene rings is 3. The highest BCUT2D eigenvalue weighted by molar-refractivity contribution is 5.40. The standard InChI is InChI=1S/C27H30N/c1-27(2,28(3,4)22-23-14-8-5-9-15-23)21-20-26(24-16-10-6-11-17-24)25-18-12-7-13-19-25/h5-19,26H,22H2,1-4H3/q+1. The first kappa shape index (κ1) is 19.9. The molecule has 0 spiro atoms. The molecule has 0 aliphatic heterocycles. The average Bonchev–Trinajstić information content (AvgIpc) is 2.70. The smallest absolute Gasteiger partial charge is 0.155 e. The summed E-state index contributed by atoms with van der Waals surface area (Å²) in [7, 11) is 4.53. The molecule has 1 heteroatoms. The first-order valence-electron chi connectivity index (χ1n) is 9.89. The summed E-state index contributed by atoms with van der Waals surface area (Å²) in [5, 5.41) is 0. The van der Waals surface area contributed by atoms with Crippen LogP contribution in [0.4, 0.5) is 0 Å². The van der Waals surface area contributed by atoms with Crippen LogP contribution in [0.15, 0.2) is 91.0 Å². The minimum absolute atomic E-state index is 0.0819. The molecule has 0 saturated heterocycles. The lowest BCUT2D eigenvalue weighted by Gasteiger charge is -2.41. The maximum absolute atomic E-state index is 3.64. The fourth-order valence-electron chi connectivity index (χ4n) is 3.29. The highest BCUT2D eigenvalue weighted by atomic mass is 15.4. The summed E-state index contributed by atoms with van der Waals surface area (Å²) in [6.07, 6.45) is 0. The van der Waals surface area contributed by atoms with Crippen molar-refractivity contribution in [3.8, 4) is 11.8 Å². The van der Waals surface area contributed by atoms with Crippen molar-refractivity contribution in [2.45, 2.75) is 31.8 Å². The van der Waals surface area contributed by atoms with Crippen LogP contribution in [0.3, 0.4) is 0 Å². The summed E-state index contributed by atoms with van der Waals surface area (Å²) in [4.78, 5) is 0. The van der Waals surface area contributed by atoms with Gasteiger partial charge in [0.15, 0.2) is 5.54 Å². The molecule has 0 radical (unpaired) electrons. The van der Waals surface area contributed by atoms with Gasteiger partial charge in [0.2, 0.25) is 0 Å². The normalized spacial score (nSPS) is 11.8. The van der Waals surface area contributed by atoms with E-state index < -0.39 is 0 Å². The predicted octanol–water partition coefficient (Wildman–Crippen LogP) is 5.88. The van der Waals surface area contributed by atoms with Crippen molar-refractivity contribution in [2.24, 2.45) is 0 Å². The molecule has 3 aromatic rings. The van der Waals surface area contributed by atoms with Crippen molar-refractivity contribution in [1.82, 2.24) is 0 Å². The lowest BCUT2D eigenvalue weighted by molar-refractivity contribution is -0.941. The summed E-state index contributed by atoms with van der Waals surface area (Å²) >= 11 is 0. The maximum atomic E-state index is 3.64. The van der Waals surface area contributed by atoms with E-state index in [4.69, 9.17) is 0 Å². The van der Waals surface area contributed by atoms with Gasteiger partial charge in [-0.1, -0.05) is 96.9 Å². The molecule has 3 rings (SSSR count). The first-order chi connectivity index (χ1) is 13.4. The largest absolute Gasteiger partial charge is 0.310 e. The van der Waals surface area contributed by atoms with Crippen LogP contribution in [0.2, 0.25) is 0 Å². The summed E-state index contributed by atoms with van der Waals surface area (Å²) in [6.45, 7) is 5.44. The van der Waals surface area contributed by atoms with Crippen molar-refractivity contribution >= 4 is 0 Å². The zero-order chi connectivity index (χ0) is 20.0. The first-order valence-corrected chi connectivity index (χ1v) is 9.89. The van der Waals surface area contributed by atoms with E-state index in [0.29, 0.717) is 0 Å². The fourth-order valence-corrected chi connectivity index (χ4v) is 3.29.